The number of aliphatic imine (C=N–C) groups is 1. The third-order valence-electron chi connectivity index (χ3n) is 2.65. The van der Waals surface area contributed by atoms with Crippen molar-refractivity contribution in [3.8, 4) is 0 Å². The molecule has 0 bridgehead atoms. The molecule has 0 atom stereocenters. The number of aryl methyl sites for hydroxylation is 1. The molecule has 17 heavy (non-hydrogen) atoms. The van der Waals surface area contributed by atoms with Gasteiger partial charge in [-0.2, -0.15) is 0 Å². The highest BCUT2D eigenvalue weighted by molar-refractivity contribution is 8.14. The molecule has 1 N–H and O–H groups in total. The molecule has 2 rings (SSSR count). The van der Waals surface area contributed by atoms with Gasteiger partial charge >= 0.3 is 0 Å². The maximum absolute atomic E-state index is 4.58. The quantitative estimate of drug-likeness (QED) is 0.816. The fourth-order valence-corrected chi connectivity index (χ4v) is 2.80. The predicted octanol–water partition coefficient (Wildman–Crippen LogP) is 2.13. The molecule has 2 heterocycles. The maximum Gasteiger partial charge on any atom is 0.157 e. The lowest BCUT2D eigenvalue weighted by Gasteiger charge is -2.15. The second kappa shape index (κ2) is 5.58. The summed E-state index contributed by atoms with van der Waals surface area (Å²) in [6.07, 6.45) is 7.97. The number of unbranched alkanes of at least 4 members (excludes halogenated alkanes) is 1. The summed E-state index contributed by atoms with van der Waals surface area (Å²) in [6, 6.07) is 0. The Kier molecular flexibility index (Phi) is 4.10. The Morgan fingerprint density at radius 1 is 1.53 bits per heavy atom. The van der Waals surface area contributed by atoms with Crippen molar-refractivity contribution >= 4 is 16.9 Å². The van der Waals surface area contributed by atoms with Crippen LogP contribution in [-0.2, 0) is 6.54 Å². The van der Waals surface area contributed by atoms with Crippen molar-refractivity contribution in [3.63, 3.8) is 0 Å². The predicted molar refractivity (Wildman–Crippen MR) is 73.4 cm³/mol. The SMILES string of the molecule is CC1(C)CSC(=NCCCCn2ccnc2)N1. The van der Waals surface area contributed by atoms with Gasteiger partial charge in [0.1, 0.15) is 0 Å². The first-order chi connectivity index (χ1) is 8.16. The molecule has 1 aromatic rings. The summed E-state index contributed by atoms with van der Waals surface area (Å²) < 4.78 is 2.11. The van der Waals surface area contributed by atoms with Crippen molar-refractivity contribution < 1.29 is 0 Å². The molecule has 0 radical (unpaired) electrons. The summed E-state index contributed by atoms with van der Waals surface area (Å²) in [5.41, 5.74) is 0.209. The number of thioether (sulfide) groups is 1. The van der Waals surface area contributed by atoms with E-state index in [-0.39, 0.29) is 5.54 Å². The van der Waals surface area contributed by atoms with E-state index in [0.29, 0.717) is 0 Å². The second-order valence-electron chi connectivity index (χ2n) is 4.99. The minimum atomic E-state index is 0.209. The van der Waals surface area contributed by atoms with Crippen LogP contribution in [0.4, 0.5) is 0 Å². The van der Waals surface area contributed by atoms with Gasteiger partial charge in [0.25, 0.3) is 0 Å². The van der Waals surface area contributed by atoms with E-state index in [1.165, 1.54) is 0 Å². The standard InChI is InChI=1S/C12H20N4S/c1-12(2)9-17-11(15-12)14-5-3-4-7-16-8-6-13-10-16/h6,8,10H,3-5,7,9H2,1-2H3,(H,14,15). The summed E-state index contributed by atoms with van der Waals surface area (Å²) in [6.45, 7) is 6.38. The van der Waals surface area contributed by atoms with Crippen molar-refractivity contribution in [1.29, 1.82) is 0 Å². The van der Waals surface area contributed by atoms with Crippen LogP contribution in [0.25, 0.3) is 0 Å². The monoisotopic (exact) mass is 252 g/mol. The zero-order valence-electron chi connectivity index (χ0n) is 10.5. The van der Waals surface area contributed by atoms with Crippen molar-refractivity contribution in [3.05, 3.63) is 18.7 Å². The third-order valence-corrected chi connectivity index (χ3v) is 4.02. The fourth-order valence-electron chi connectivity index (χ4n) is 1.70. The Hall–Kier alpha value is -0.970. The maximum atomic E-state index is 4.58. The lowest BCUT2D eigenvalue weighted by molar-refractivity contribution is 0.535. The number of hydrogen-bond donors (Lipinski definition) is 1. The minimum absolute atomic E-state index is 0.209. The smallest absolute Gasteiger partial charge is 0.157 e. The van der Waals surface area contributed by atoms with Crippen LogP contribution in [0.5, 0.6) is 0 Å². The molecule has 0 spiro atoms. The van der Waals surface area contributed by atoms with Crippen LogP contribution in [0.2, 0.25) is 0 Å². The van der Waals surface area contributed by atoms with Crippen molar-refractivity contribution in [2.24, 2.45) is 4.99 Å². The molecule has 0 aliphatic carbocycles. The fraction of sp³-hybridized carbons (Fsp3) is 0.667. The zero-order chi connectivity index (χ0) is 12.1. The highest BCUT2D eigenvalue weighted by Crippen LogP contribution is 2.21. The van der Waals surface area contributed by atoms with E-state index in [0.717, 1.165) is 36.9 Å². The lowest BCUT2D eigenvalue weighted by atomic mass is 10.1. The summed E-state index contributed by atoms with van der Waals surface area (Å²) >= 11 is 1.83. The van der Waals surface area contributed by atoms with Gasteiger partial charge in [-0.15, -0.1) is 0 Å². The van der Waals surface area contributed by atoms with E-state index in [2.05, 4.69) is 33.7 Å². The first-order valence-corrected chi connectivity index (χ1v) is 7.05. The van der Waals surface area contributed by atoms with Gasteiger partial charge in [0, 0.05) is 36.8 Å². The molecule has 0 unspecified atom stereocenters. The molecule has 1 fully saturated rings. The van der Waals surface area contributed by atoms with Crippen molar-refractivity contribution in [1.82, 2.24) is 14.9 Å². The number of imidazole rings is 1. The molecule has 5 heteroatoms. The number of hydrogen-bond acceptors (Lipinski definition) is 3. The summed E-state index contributed by atoms with van der Waals surface area (Å²) in [5.74, 6) is 1.11. The van der Waals surface area contributed by atoms with E-state index in [1.54, 1.807) is 0 Å². The van der Waals surface area contributed by atoms with Crippen LogP contribution < -0.4 is 5.32 Å². The average Bonchev–Trinajstić information content (AvgIpc) is 2.88. The van der Waals surface area contributed by atoms with E-state index in [4.69, 9.17) is 0 Å². The van der Waals surface area contributed by atoms with Gasteiger partial charge in [-0.05, 0) is 26.7 Å². The van der Waals surface area contributed by atoms with Crippen LogP contribution in [0.15, 0.2) is 23.7 Å². The van der Waals surface area contributed by atoms with E-state index < -0.39 is 0 Å². The number of amidine groups is 1. The Morgan fingerprint density at radius 3 is 3.06 bits per heavy atom. The summed E-state index contributed by atoms with van der Waals surface area (Å²) in [5, 5.41) is 4.54. The number of nitrogens with zero attached hydrogens (tertiary/aromatic N) is 3. The average molecular weight is 252 g/mol. The molecular formula is C12H20N4S. The number of rotatable bonds is 5. The highest BCUT2D eigenvalue weighted by atomic mass is 32.2. The van der Waals surface area contributed by atoms with Gasteiger partial charge < -0.3 is 9.88 Å². The first-order valence-electron chi connectivity index (χ1n) is 6.07. The lowest BCUT2D eigenvalue weighted by Crippen LogP contribution is -2.36. The Bertz CT molecular complexity index is 370. The van der Waals surface area contributed by atoms with E-state index in [9.17, 15) is 0 Å². The first kappa shape index (κ1) is 12.5. The highest BCUT2D eigenvalue weighted by Gasteiger charge is 2.26. The van der Waals surface area contributed by atoms with Crippen LogP contribution in [0.1, 0.15) is 26.7 Å². The normalized spacial score (nSPS) is 20.7. The zero-order valence-corrected chi connectivity index (χ0v) is 11.3. The molecule has 94 valence electrons. The molecular weight excluding hydrogens is 232 g/mol. The van der Waals surface area contributed by atoms with E-state index >= 15 is 0 Å². The van der Waals surface area contributed by atoms with E-state index in [1.807, 2.05) is 30.5 Å². The molecule has 0 amide bonds. The van der Waals surface area contributed by atoms with Gasteiger partial charge in [0.05, 0.1) is 6.33 Å². The molecule has 1 aliphatic heterocycles. The van der Waals surface area contributed by atoms with Gasteiger partial charge in [-0.25, -0.2) is 4.98 Å². The summed E-state index contributed by atoms with van der Waals surface area (Å²) in [7, 11) is 0. The molecule has 1 saturated heterocycles. The number of nitrogens with one attached hydrogen (secondary N) is 1. The minimum Gasteiger partial charge on any atom is -0.359 e. The molecule has 4 nitrogen and oxygen atoms in total. The Labute approximate surface area is 107 Å². The van der Waals surface area contributed by atoms with Gasteiger partial charge in [-0.3, -0.25) is 4.99 Å². The molecule has 1 aliphatic rings. The van der Waals surface area contributed by atoms with Crippen LogP contribution in [0.3, 0.4) is 0 Å². The van der Waals surface area contributed by atoms with Gasteiger partial charge in [-0.1, -0.05) is 11.8 Å². The Morgan fingerprint density at radius 2 is 2.41 bits per heavy atom. The molecule has 1 aromatic heterocycles. The van der Waals surface area contributed by atoms with Crippen molar-refractivity contribution in [2.75, 3.05) is 12.3 Å². The molecule has 0 aromatic carbocycles. The number of aromatic nitrogens is 2. The largest absolute Gasteiger partial charge is 0.359 e. The summed E-state index contributed by atoms with van der Waals surface area (Å²) in [4.78, 5) is 8.60. The van der Waals surface area contributed by atoms with Crippen LogP contribution in [-0.4, -0.2) is 32.6 Å². The van der Waals surface area contributed by atoms with Gasteiger partial charge in [0.15, 0.2) is 5.17 Å². The van der Waals surface area contributed by atoms with Crippen LogP contribution in [0, 0.1) is 0 Å². The third kappa shape index (κ3) is 4.07. The second-order valence-corrected chi connectivity index (χ2v) is 5.96. The van der Waals surface area contributed by atoms with Crippen molar-refractivity contribution in [2.45, 2.75) is 38.8 Å². The van der Waals surface area contributed by atoms with Crippen LogP contribution >= 0.6 is 11.8 Å². The Balaban J connectivity index is 1.62. The molecule has 0 saturated carbocycles. The topological polar surface area (TPSA) is 42.2 Å². The van der Waals surface area contributed by atoms with Gasteiger partial charge in [0.2, 0.25) is 0 Å².